The number of methoxy groups -OCH3 is 1. The lowest BCUT2D eigenvalue weighted by molar-refractivity contribution is -0.137. The van der Waals surface area contributed by atoms with Crippen LogP contribution in [0.15, 0.2) is 53.1 Å². The maximum Gasteiger partial charge on any atom is 0.416 e. The second-order valence-electron chi connectivity index (χ2n) is 6.25. The number of alkyl halides is 3. The topological polar surface area (TPSA) is 51.1 Å². The average Bonchev–Trinajstić information content (AvgIpc) is 2.97. The van der Waals surface area contributed by atoms with Crippen molar-refractivity contribution in [2.75, 3.05) is 18.7 Å². The Morgan fingerprint density at radius 1 is 1.10 bits per heavy atom. The van der Waals surface area contributed by atoms with Gasteiger partial charge in [0.2, 0.25) is 0 Å². The SMILES string of the molecule is CCOc1ccc(/C=C2\C(=O)N(c3ccc(C(F)(F)F)cc3)N=C2C)cc1OC. The molecule has 0 fully saturated rings. The molecular formula is C21H19F3N2O3. The van der Waals surface area contributed by atoms with Crippen LogP contribution < -0.4 is 14.5 Å². The minimum absolute atomic E-state index is 0.259. The molecule has 2 aromatic rings. The number of rotatable bonds is 5. The van der Waals surface area contributed by atoms with E-state index in [2.05, 4.69) is 5.10 Å². The summed E-state index contributed by atoms with van der Waals surface area (Å²) in [6.45, 7) is 4.02. The highest BCUT2D eigenvalue weighted by atomic mass is 19.4. The minimum atomic E-state index is -4.44. The summed E-state index contributed by atoms with van der Waals surface area (Å²) in [5.41, 5.74) is 0.984. The van der Waals surface area contributed by atoms with Gasteiger partial charge in [-0.3, -0.25) is 4.79 Å². The highest BCUT2D eigenvalue weighted by Crippen LogP contribution is 2.33. The third-order valence-electron chi connectivity index (χ3n) is 4.30. The maximum absolute atomic E-state index is 12.8. The van der Waals surface area contributed by atoms with Crippen molar-refractivity contribution in [3.8, 4) is 11.5 Å². The summed E-state index contributed by atoms with van der Waals surface area (Å²) in [6, 6.07) is 9.55. The number of ether oxygens (including phenoxy) is 2. The summed E-state index contributed by atoms with van der Waals surface area (Å²) in [6.07, 6.45) is -2.78. The van der Waals surface area contributed by atoms with Crippen molar-refractivity contribution in [3.63, 3.8) is 0 Å². The average molecular weight is 404 g/mol. The van der Waals surface area contributed by atoms with Gasteiger partial charge in [-0.25, -0.2) is 0 Å². The van der Waals surface area contributed by atoms with Crippen LogP contribution in [0, 0.1) is 0 Å². The van der Waals surface area contributed by atoms with E-state index in [0.717, 1.165) is 17.1 Å². The Kier molecular flexibility index (Phi) is 5.63. The van der Waals surface area contributed by atoms with E-state index in [1.807, 2.05) is 6.92 Å². The van der Waals surface area contributed by atoms with E-state index in [0.29, 0.717) is 35.0 Å². The van der Waals surface area contributed by atoms with Gasteiger partial charge in [-0.2, -0.15) is 23.3 Å². The quantitative estimate of drug-likeness (QED) is 0.665. The molecule has 1 aliphatic heterocycles. The number of anilines is 1. The summed E-state index contributed by atoms with van der Waals surface area (Å²) in [7, 11) is 1.52. The summed E-state index contributed by atoms with van der Waals surface area (Å²) in [5.74, 6) is 0.697. The molecule has 0 bridgehead atoms. The van der Waals surface area contributed by atoms with E-state index in [1.165, 1.54) is 19.2 Å². The molecule has 8 heteroatoms. The summed E-state index contributed by atoms with van der Waals surface area (Å²) in [5, 5.41) is 5.28. The smallest absolute Gasteiger partial charge is 0.416 e. The van der Waals surface area contributed by atoms with Gasteiger partial charge < -0.3 is 9.47 Å². The molecule has 0 radical (unpaired) electrons. The van der Waals surface area contributed by atoms with Gasteiger partial charge in [0.15, 0.2) is 11.5 Å². The van der Waals surface area contributed by atoms with Crippen LogP contribution in [0.3, 0.4) is 0 Å². The van der Waals surface area contributed by atoms with E-state index < -0.39 is 17.6 Å². The Labute approximate surface area is 166 Å². The molecule has 29 heavy (non-hydrogen) atoms. The van der Waals surface area contributed by atoms with Gasteiger partial charge in [-0.05, 0) is 61.9 Å². The second kappa shape index (κ2) is 7.98. The van der Waals surface area contributed by atoms with Crippen LogP contribution in [0.1, 0.15) is 25.0 Å². The standard InChI is InChI=1S/C21H19F3N2O3/c1-4-29-18-10-5-14(12-19(18)28-3)11-17-13(2)25-26(20(17)27)16-8-6-15(7-9-16)21(22,23)24/h5-12H,4H2,1-3H3/b17-11-. The maximum atomic E-state index is 12.8. The molecule has 0 saturated carbocycles. The zero-order chi connectivity index (χ0) is 21.2. The van der Waals surface area contributed by atoms with Crippen molar-refractivity contribution in [3.05, 3.63) is 59.2 Å². The lowest BCUT2D eigenvalue weighted by Gasteiger charge is -2.13. The number of hydrogen-bond donors (Lipinski definition) is 0. The Morgan fingerprint density at radius 2 is 1.79 bits per heavy atom. The molecule has 0 aliphatic carbocycles. The van der Waals surface area contributed by atoms with Gasteiger partial charge in [-0.15, -0.1) is 0 Å². The van der Waals surface area contributed by atoms with E-state index in [4.69, 9.17) is 9.47 Å². The van der Waals surface area contributed by atoms with Crippen LogP contribution in [-0.2, 0) is 11.0 Å². The first kappa shape index (κ1) is 20.4. The molecule has 2 aromatic carbocycles. The third kappa shape index (κ3) is 4.26. The molecule has 0 atom stereocenters. The molecule has 0 aromatic heterocycles. The molecule has 3 rings (SSSR count). The van der Waals surface area contributed by atoms with Crippen molar-refractivity contribution < 1.29 is 27.4 Å². The van der Waals surface area contributed by atoms with Gasteiger partial charge in [-0.1, -0.05) is 6.07 Å². The van der Waals surface area contributed by atoms with Crippen LogP contribution in [0.4, 0.5) is 18.9 Å². The highest BCUT2D eigenvalue weighted by Gasteiger charge is 2.32. The molecule has 1 aliphatic rings. The number of nitrogens with zero attached hydrogens (tertiary/aromatic N) is 2. The largest absolute Gasteiger partial charge is 0.493 e. The fourth-order valence-corrected chi connectivity index (χ4v) is 2.87. The Hall–Kier alpha value is -3.29. The first-order chi connectivity index (χ1) is 13.7. The Bertz CT molecular complexity index is 980. The van der Waals surface area contributed by atoms with Crippen molar-refractivity contribution in [1.29, 1.82) is 0 Å². The number of carbonyl (C=O) groups excluding carboxylic acids is 1. The van der Waals surface area contributed by atoms with Crippen LogP contribution in [0.5, 0.6) is 11.5 Å². The number of halogens is 3. The first-order valence-electron chi connectivity index (χ1n) is 8.84. The summed E-state index contributed by atoms with van der Waals surface area (Å²) in [4.78, 5) is 12.8. The third-order valence-corrected chi connectivity index (χ3v) is 4.30. The predicted molar refractivity (Wildman–Crippen MR) is 104 cm³/mol. The first-order valence-corrected chi connectivity index (χ1v) is 8.84. The molecular weight excluding hydrogens is 385 g/mol. The molecule has 0 N–H and O–H groups in total. The van der Waals surface area contributed by atoms with Crippen LogP contribution >= 0.6 is 0 Å². The van der Waals surface area contributed by atoms with Crippen molar-refractivity contribution in [2.45, 2.75) is 20.0 Å². The zero-order valence-corrected chi connectivity index (χ0v) is 16.1. The molecule has 0 unspecified atom stereocenters. The van der Waals surface area contributed by atoms with Gasteiger partial charge in [0.25, 0.3) is 5.91 Å². The lowest BCUT2D eigenvalue weighted by Crippen LogP contribution is -2.21. The number of amides is 1. The molecule has 5 nitrogen and oxygen atoms in total. The van der Waals surface area contributed by atoms with Crippen LogP contribution in [0.25, 0.3) is 6.08 Å². The van der Waals surface area contributed by atoms with E-state index in [1.54, 1.807) is 31.2 Å². The Balaban J connectivity index is 1.88. The fourth-order valence-electron chi connectivity index (χ4n) is 2.87. The molecule has 152 valence electrons. The fraction of sp³-hybridized carbons (Fsp3) is 0.238. The lowest BCUT2D eigenvalue weighted by atomic mass is 10.1. The summed E-state index contributed by atoms with van der Waals surface area (Å²) >= 11 is 0. The molecule has 0 saturated heterocycles. The number of carbonyl (C=O) groups is 1. The molecule has 1 amide bonds. The van der Waals surface area contributed by atoms with Gasteiger partial charge in [0, 0.05) is 0 Å². The van der Waals surface area contributed by atoms with Crippen molar-refractivity contribution >= 4 is 23.4 Å². The Morgan fingerprint density at radius 3 is 2.38 bits per heavy atom. The van der Waals surface area contributed by atoms with E-state index in [-0.39, 0.29) is 5.69 Å². The van der Waals surface area contributed by atoms with Crippen LogP contribution in [-0.4, -0.2) is 25.3 Å². The van der Waals surface area contributed by atoms with Gasteiger partial charge >= 0.3 is 6.18 Å². The molecule has 1 heterocycles. The summed E-state index contributed by atoms with van der Waals surface area (Å²) < 4.78 is 49.0. The van der Waals surface area contributed by atoms with Crippen molar-refractivity contribution in [2.24, 2.45) is 5.10 Å². The normalized spacial score (nSPS) is 15.7. The number of hydrogen-bond acceptors (Lipinski definition) is 4. The predicted octanol–water partition coefficient (Wildman–Crippen LogP) is 4.92. The van der Waals surface area contributed by atoms with E-state index in [9.17, 15) is 18.0 Å². The minimum Gasteiger partial charge on any atom is -0.493 e. The van der Waals surface area contributed by atoms with Gasteiger partial charge in [0.1, 0.15) is 0 Å². The highest BCUT2D eigenvalue weighted by molar-refractivity contribution is 6.32. The van der Waals surface area contributed by atoms with Gasteiger partial charge in [0.05, 0.1) is 36.3 Å². The number of benzene rings is 2. The van der Waals surface area contributed by atoms with Crippen molar-refractivity contribution in [1.82, 2.24) is 0 Å². The number of hydrazone groups is 1. The van der Waals surface area contributed by atoms with Crippen LogP contribution in [0.2, 0.25) is 0 Å². The van der Waals surface area contributed by atoms with E-state index >= 15 is 0 Å². The monoisotopic (exact) mass is 404 g/mol. The zero-order valence-electron chi connectivity index (χ0n) is 16.1. The molecule has 0 spiro atoms. The second-order valence-corrected chi connectivity index (χ2v) is 6.25.